The molecule has 2 rings (SSSR count). The molecule has 0 radical (unpaired) electrons. The summed E-state index contributed by atoms with van der Waals surface area (Å²) in [7, 11) is 0. The van der Waals surface area contributed by atoms with E-state index in [1.54, 1.807) is 12.4 Å². The number of nitrogens with one attached hydrogen (secondary N) is 1. The Labute approximate surface area is 110 Å². The van der Waals surface area contributed by atoms with Gasteiger partial charge in [0.05, 0.1) is 5.56 Å². The molecule has 0 bridgehead atoms. The highest BCUT2D eigenvalue weighted by Gasteiger charge is 2.14. The third-order valence-corrected chi connectivity index (χ3v) is 3.41. The summed E-state index contributed by atoms with van der Waals surface area (Å²) >= 11 is 1.33. The molecule has 2 aromatic rings. The third-order valence-electron chi connectivity index (χ3n) is 2.59. The van der Waals surface area contributed by atoms with Crippen LogP contribution >= 0.6 is 11.5 Å². The number of pyridine rings is 1. The molecule has 0 saturated heterocycles. The fraction of sp³-hybridized carbons (Fsp3) is 0.333. The predicted octanol–water partition coefficient (Wildman–Crippen LogP) is 1.83. The van der Waals surface area contributed by atoms with Gasteiger partial charge in [0.1, 0.15) is 10.8 Å². The van der Waals surface area contributed by atoms with Crippen molar-refractivity contribution < 1.29 is 5.11 Å². The minimum atomic E-state index is 0.156. The van der Waals surface area contributed by atoms with Crippen molar-refractivity contribution in [3.05, 3.63) is 24.5 Å². The van der Waals surface area contributed by atoms with Crippen LogP contribution in [0.3, 0.4) is 0 Å². The first-order valence-corrected chi connectivity index (χ1v) is 6.50. The average molecular weight is 264 g/mol. The Balaban J connectivity index is 2.23. The predicted molar refractivity (Wildman–Crippen MR) is 74.5 cm³/mol. The maximum atomic E-state index is 9.02. The number of hydrogen-bond acceptors (Lipinski definition) is 6. The maximum Gasteiger partial charge on any atom is 0.147 e. The van der Waals surface area contributed by atoms with Crippen molar-refractivity contribution in [1.82, 2.24) is 9.36 Å². The van der Waals surface area contributed by atoms with E-state index in [0.717, 1.165) is 16.1 Å². The number of nitrogens with zero attached hydrogens (tertiary/aromatic N) is 2. The Morgan fingerprint density at radius 2 is 2.39 bits per heavy atom. The quantitative estimate of drug-likeness (QED) is 0.767. The van der Waals surface area contributed by atoms with E-state index in [9.17, 15) is 0 Å². The monoisotopic (exact) mass is 264 g/mol. The van der Waals surface area contributed by atoms with Crippen molar-refractivity contribution in [1.29, 1.82) is 0 Å². The van der Waals surface area contributed by atoms with Gasteiger partial charge in [0.15, 0.2) is 0 Å². The van der Waals surface area contributed by atoms with Gasteiger partial charge in [-0.1, -0.05) is 13.0 Å². The molecular formula is C12H16N4OS. The number of aliphatic hydroxyl groups excluding tert-OH is 1. The van der Waals surface area contributed by atoms with Crippen LogP contribution in [0.25, 0.3) is 11.1 Å². The van der Waals surface area contributed by atoms with Crippen LogP contribution < -0.4 is 11.1 Å². The number of anilines is 2. The number of hydrogen-bond donors (Lipinski definition) is 3. The molecule has 18 heavy (non-hydrogen) atoms. The Hall–Kier alpha value is -1.66. The molecule has 1 atom stereocenters. The van der Waals surface area contributed by atoms with Gasteiger partial charge in [-0.05, 0) is 23.5 Å². The maximum absolute atomic E-state index is 9.02. The summed E-state index contributed by atoms with van der Waals surface area (Å²) < 4.78 is 4.16. The third kappa shape index (κ3) is 2.77. The van der Waals surface area contributed by atoms with Gasteiger partial charge in [-0.15, -0.1) is 0 Å². The van der Waals surface area contributed by atoms with Crippen molar-refractivity contribution in [2.24, 2.45) is 5.92 Å². The highest BCUT2D eigenvalue weighted by molar-refractivity contribution is 7.11. The summed E-state index contributed by atoms with van der Waals surface area (Å²) in [6.45, 7) is 2.82. The van der Waals surface area contributed by atoms with Crippen LogP contribution in [0.4, 0.5) is 10.8 Å². The lowest BCUT2D eigenvalue weighted by molar-refractivity contribution is 0.244. The molecule has 0 amide bonds. The van der Waals surface area contributed by atoms with Gasteiger partial charge in [-0.3, -0.25) is 4.98 Å². The smallest absolute Gasteiger partial charge is 0.147 e. The zero-order valence-corrected chi connectivity index (χ0v) is 10.9. The number of aliphatic hydroxyl groups is 1. The average Bonchev–Trinajstić information content (AvgIpc) is 2.78. The molecule has 0 spiro atoms. The van der Waals surface area contributed by atoms with Crippen LogP contribution in [-0.2, 0) is 0 Å². The molecule has 4 N–H and O–H groups in total. The highest BCUT2D eigenvalue weighted by Crippen LogP contribution is 2.36. The first-order chi connectivity index (χ1) is 8.72. The van der Waals surface area contributed by atoms with Gasteiger partial charge in [-0.25, -0.2) is 0 Å². The van der Waals surface area contributed by atoms with Crippen LogP contribution in [-0.4, -0.2) is 27.6 Å². The number of nitrogens with two attached hydrogens (primary N) is 1. The van der Waals surface area contributed by atoms with Crippen molar-refractivity contribution in [3.63, 3.8) is 0 Å². The van der Waals surface area contributed by atoms with Gasteiger partial charge in [0.2, 0.25) is 0 Å². The number of rotatable bonds is 5. The zero-order chi connectivity index (χ0) is 13.0. The molecule has 0 aromatic carbocycles. The lowest BCUT2D eigenvalue weighted by atomic mass is 10.1. The Morgan fingerprint density at radius 1 is 1.56 bits per heavy atom. The minimum Gasteiger partial charge on any atom is -0.396 e. The van der Waals surface area contributed by atoms with E-state index in [-0.39, 0.29) is 12.5 Å². The van der Waals surface area contributed by atoms with Crippen molar-refractivity contribution in [2.45, 2.75) is 6.92 Å². The summed E-state index contributed by atoms with van der Waals surface area (Å²) in [5.74, 6) is 0.697. The van der Waals surface area contributed by atoms with Crippen LogP contribution in [0.2, 0.25) is 0 Å². The van der Waals surface area contributed by atoms with E-state index in [2.05, 4.69) is 14.7 Å². The molecule has 0 aliphatic heterocycles. The molecule has 5 nitrogen and oxygen atoms in total. The summed E-state index contributed by atoms with van der Waals surface area (Å²) in [6.07, 6.45) is 3.49. The van der Waals surface area contributed by atoms with Crippen LogP contribution in [0.15, 0.2) is 24.5 Å². The van der Waals surface area contributed by atoms with E-state index in [1.807, 2.05) is 19.1 Å². The molecule has 96 valence electrons. The van der Waals surface area contributed by atoms with Crippen LogP contribution in [0.5, 0.6) is 0 Å². The molecule has 0 aliphatic carbocycles. The molecule has 6 heteroatoms. The van der Waals surface area contributed by atoms with Gasteiger partial charge < -0.3 is 16.2 Å². The fourth-order valence-corrected chi connectivity index (χ4v) is 2.29. The summed E-state index contributed by atoms with van der Waals surface area (Å²) in [6, 6.07) is 3.82. The fourth-order valence-electron chi connectivity index (χ4n) is 1.54. The normalized spacial score (nSPS) is 12.3. The lowest BCUT2D eigenvalue weighted by Gasteiger charge is -2.10. The molecule has 0 aliphatic rings. The molecule has 0 saturated carbocycles. The summed E-state index contributed by atoms with van der Waals surface area (Å²) in [5, 5.41) is 13.2. The van der Waals surface area contributed by atoms with E-state index in [0.29, 0.717) is 12.4 Å². The second kappa shape index (κ2) is 5.79. The summed E-state index contributed by atoms with van der Waals surface area (Å²) in [5.41, 5.74) is 7.73. The number of aromatic nitrogens is 2. The van der Waals surface area contributed by atoms with E-state index >= 15 is 0 Å². The molecule has 2 heterocycles. The van der Waals surface area contributed by atoms with Crippen LogP contribution in [0, 0.1) is 5.92 Å². The highest BCUT2D eigenvalue weighted by atomic mass is 32.1. The minimum absolute atomic E-state index is 0.156. The molecule has 0 fully saturated rings. The molecule has 2 aromatic heterocycles. The Morgan fingerprint density at radius 3 is 3.06 bits per heavy atom. The topological polar surface area (TPSA) is 84.1 Å². The van der Waals surface area contributed by atoms with Crippen molar-refractivity contribution >= 4 is 22.4 Å². The van der Waals surface area contributed by atoms with Gasteiger partial charge in [-0.2, -0.15) is 4.37 Å². The first kappa shape index (κ1) is 12.8. The van der Waals surface area contributed by atoms with Gasteiger partial charge >= 0.3 is 0 Å². The van der Waals surface area contributed by atoms with Gasteiger partial charge in [0, 0.05) is 31.1 Å². The molecule has 1 unspecified atom stereocenters. The van der Waals surface area contributed by atoms with E-state index in [1.165, 1.54) is 11.5 Å². The second-order valence-corrected chi connectivity index (χ2v) is 4.96. The first-order valence-electron chi connectivity index (χ1n) is 5.72. The Kier molecular flexibility index (Phi) is 4.11. The zero-order valence-electron chi connectivity index (χ0n) is 10.1. The molecular weight excluding hydrogens is 248 g/mol. The van der Waals surface area contributed by atoms with E-state index in [4.69, 9.17) is 10.8 Å². The van der Waals surface area contributed by atoms with E-state index < -0.39 is 0 Å². The standard InChI is InChI=1S/C12H16N4OS/c1-8(7-17)5-15-12-10(11(13)16-18-12)9-3-2-4-14-6-9/h2-4,6,8,15,17H,5,7H2,1H3,(H2,13,16). The lowest BCUT2D eigenvalue weighted by Crippen LogP contribution is -2.14. The van der Waals surface area contributed by atoms with Crippen LogP contribution in [0.1, 0.15) is 6.92 Å². The Bertz CT molecular complexity index is 500. The summed E-state index contributed by atoms with van der Waals surface area (Å²) in [4.78, 5) is 4.09. The number of nitrogen functional groups attached to an aromatic ring is 1. The van der Waals surface area contributed by atoms with Crippen molar-refractivity contribution in [2.75, 3.05) is 24.2 Å². The van der Waals surface area contributed by atoms with Crippen molar-refractivity contribution in [3.8, 4) is 11.1 Å². The SMILES string of the molecule is CC(CO)CNc1snc(N)c1-c1cccnc1. The van der Waals surface area contributed by atoms with Gasteiger partial charge in [0.25, 0.3) is 0 Å². The second-order valence-electron chi connectivity index (χ2n) is 4.18. The largest absolute Gasteiger partial charge is 0.396 e.